The summed E-state index contributed by atoms with van der Waals surface area (Å²) in [5.41, 5.74) is 3.73. The summed E-state index contributed by atoms with van der Waals surface area (Å²) in [6.07, 6.45) is 3.21. The van der Waals surface area contributed by atoms with Gasteiger partial charge in [-0.15, -0.1) is 0 Å². The number of nitrogens with zero attached hydrogens (tertiary/aromatic N) is 3. The van der Waals surface area contributed by atoms with E-state index in [1.165, 1.54) is 6.20 Å². The van der Waals surface area contributed by atoms with Crippen LogP contribution in [0.25, 0.3) is 0 Å². The van der Waals surface area contributed by atoms with E-state index >= 15 is 0 Å². The van der Waals surface area contributed by atoms with Crippen molar-refractivity contribution >= 4 is 34.9 Å². The minimum Gasteiger partial charge on any atom is -0.359 e. The summed E-state index contributed by atoms with van der Waals surface area (Å²) in [5, 5.41) is 6.49. The van der Waals surface area contributed by atoms with Crippen molar-refractivity contribution in [3.63, 3.8) is 0 Å². The average Bonchev–Trinajstić information content (AvgIpc) is 2.75. The highest BCUT2D eigenvalue weighted by Gasteiger charge is 2.26. The van der Waals surface area contributed by atoms with Gasteiger partial charge in [0.15, 0.2) is 5.82 Å². The highest BCUT2D eigenvalue weighted by Crippen LogP contribution is 2.30. The number of anilines is 2. The molecule has 0 bridgehead atoms. The third-order valence-corrected chi connectivity index (χ3v) is 5.04. The molecule has 0 saturated heterocycles. The Morgan fingerprint density at radius 2 is 2.00 bits per heavy atom. The summed E-state index contributed by atoms with van der Waals surface area (Å²) < 4.78 is 0. The fourth-order valence-electron chi connectivity index (χ4n) is 3.22. The molecule has 1 aliphatic rings. The normalized spacial score (nSPS) is 12.9. The summed E-state index contributed by atoms with van der Waals surface area (Å²) in [6.45, 7) is 2.80. The van der Waals surface area contributed by atoms with Gasteiger partial charge in [0.05, 0.1) is 36.6 Å². The lowest BCUT2D eigenvalue weighted by Gasteiger charge is -2.29. The molecule has 0 unspecified atom stereocenters. The molecule has 0 spiro atoms. The number of benzene rings is 1. The Hall–Kier alpha value is -3.45. The van der Waals surface area contributed by atoms with Crippen molar-refractivity contribution < 1.29 is 9.59 Å². The van der Waals surface area contributed by atoms with Crippen LogP contribution in [0.3, 0.4) is 0 Å². The fourth-order valence-corrected chi connectivity index (χ4v) is 3.35. The molecular formula is C22H20ClN5O2. The van der Waals surface area contributed by atoms with Crippen LogP contribution in [0.4, 0.5) is 11.5 Å². The van der Waals surface area contributed by atoms with Gasteiger partial charge >= 0.3 is 0 Å². The first kappa shape index (κ1) is 19.8. The van der Waals surface area contributed by atoms with Crippen molar-refractivity contribution in [2.24, 2.45) is 0 Å². The summed E-state index contributed by atoms with van der Waals surface area (Å²) in [7, 11) is 0. The summed E-state index contributed by atoms with van der Waals surface area (Å²) in [6, 6.07) is 12.8. The Morgan fingerprint density at radius 3 is 2.77 bits per heavy atom. The number of rotatable bonds is 5. The zero-order valence-corrected chi connectivity index (χ0v) is 17.1. The molecule has 2 amide bonds. The van der Waals surface area contributed by atoms with Crippen molar-refractivity contribution in [1.82, 2.24) is 15.3 Å². The Bertz CT molecular complexity index is 1100. The van der Waals surface area contributed by atoms with Crippen LogP contribution in [0, 0.1) is 6.92 Å². The second kappa shape index (κ2) is 8.51. The lowest BCUT2D eigenvalue weighted by atomic mass is 10.1. The highest BCUT2D eigenvalue weighted by atomic mass is 35.5. The van der Waals surface area contributed by atoms with Gasteiger partial charge in [-0.25, -0.2) is 4.98 Å². The van der Waals surface area contributed by atoms with Gasteiger partial charge in [0.1, 0.15) is 0 Å². The highest BCUT2D eigenvalue weighted by molar-refractivity contribution is 6.30. The van der Waals surface area contributed by atoms with E-state index in [0.717, 1.165) is 16.8 Å². The van der Waals surface area contributed by atoms with Crippen molar-refractivity contribution in [3.05, 3.63) is 82.3 Å². The molecule has 3 heterocycles. The molecule has 1 aromatic carbocycles. The Balaban J connectivity index is 1.54. The zero-order chi connectivity index (χ0) is 21.1. The molecule has 0 atom stereocenters. The molecule has 3 aromatic rings. The van der Waals surface area contributed by atoms with Gasteiger partial charge in [-0.05, 0) is 48.4 Å². The first-order chi connectivity index (χ1) is 14.5. The number of hydrogen-bond acceptors (Lipinski definition) is 5. The molecule has 0 fully saturated rings. The van der Waals surface area contributed by atoms with Crippen LogP contribution in [0.5, 0.6) is 0 Å². The first-order valence-corrected chi connectivity index (χ1v) is 9.86. The monoisotopic (exact) mass is 421 g/mol. The maximum atomic E-state index is 12.7. The Morgan fingerprint density at radius 1 is 1.20 bits per heavy atom. The third kappa shape index (κ3) is 4.41. The molecule has 2 N–H and O–H groups in total. The quantitative estimate of drug-likeness (QED) is 0.659. The second-order valence-corrected chi connectivity index (χ2v) is 7.50. The predicted molar refractivity (Wildman–Crippen MR) is 116 cm³/mol. The number of pyridine rings is 2. The molecule has 30 heavy (non-hydrogen) atoms. The van der Waals surface area contributed by atoms with Gasteiger partial charge < -0.3 is 15.5 Å². The molecule has 1 aliphatic heterocycles. The summed E-state index contributed by atoms with van der Waals surface area (Å²) in [5.74, 6) is 0.194. The van der Waals surface area contributed by atoms with Crippen LogP contribution in [-0.4, -0.2) is 28.3 Å². The maximum Gasteiger partial charge on any atom is 0.253 e. The van der Waals surface area contributed by atoms with E-state index < -0.39 is 0 Å². The second-order valence-electron chi connectivity index (χ2n) is 7.06. The zero-order valence-electron chi connectivity index (χ0n) is 16.4. The largest absolute Gasteiger partial charge is 0.359 e. The van der Waals surface area contributed by atoms with Gasteiger partial charge in [-0.2, -0.15) is 0 Å². The van der Waals surface area contributed by atoms with E-state index in [1.807, 2.05) is 31.2 Å². The number of fused-ring (bicyclic) bond motifs is 1. The fraction of sp³-hybridized carbons (Fsp3) is 0.182. The van der Waals surface area contributed by atoms with Crippen LogP contribution < -0.4 is 15.5 Å². The molecule has 0 radical (unpaired) electrons. The van der Waals surface area contributed by atoms with E-state index in [1.54, 1.807) is 29.3 Å². The standard InChI is InChI=1S/C22H20ClN5O2/c1-14-6-7-24-18(8-14)11-27-22(30)16-9-19-21(25-10-16)26-12-20(29)28(19)13-15-2-4-17(23)5-3-15/h2-10H,11-13H2,1H3,(H,25,26)(H,27,30). The number of carbonyl (C=O) groups is 2. The van der Waals surface area contributed by atoms with Crippen LogP contribution in [0.15, 0.2) is 54.9 Å². The van der Waals surface area contributed by atoms with E-state index in [9.17, 15) is 9.59 Å². The molecule has 2 aromatic heterocycles. The molecule has 0 aliphatic carbocycles. The van der Waals surface area contributed by atoms with Crippen LogP contribution in [0.1, 0.15) is 27.2 Å². The summed E-state index contributed by atoms with van der Waals surface area (Å²) in [4.78, 5) is 35.4. The Kier molecular flexibility index (Phi) is 5.63. The first-order valence-electron chi connectivity index (χ1n) is 9.48. The average molecular weight is 422 g/mol. The Labute approximate surface area is 179 Å². The lowest BCUT2D eigenvalue weighted by molar-refractivity contribution is -0.117. The van der Waals surface area contributed by atoms with E-state index in [2.05, 4.69) is 20.6 Å². The van der Waals surface area contributed by atoms with E-state index in [4.69, 9.17) is 11.6 Å². The molecule has 152 valence electrons. The molecule has 0 saturated carbocycles. The number of aryl methyl sites for hydroxylation is 1. The van der Waals surface area contributed by atoms with Gasteiger partial charge in [0.2, 0.25) is 5.91 Å². The van der Waals surface area contributed by atoms with Crippen LogP contribution >= 0.6 is 11.6 Å². The van der Waals surface area contributed by atoms with E-state index in [-0.39, 0.29) is 18.4 Å². The van der Waals surface area contributed by atoms with Crippen LogP contribution in [-0.2, 0) is 17.9 Å². The van der Waals surface area contributed by atoms with Gasteiger partial charge in [-0.1, -0.05) is 23.7 Å². The van der Waals surface area contributed by atoms with Crippen molar-refractivity contribution in [2.45, 2.75) is 20.0 Å². The van der Waals surface area contributed by atoms with Gasteiger partial charge in [0.25, 0.3) is 5.91 Å². The number of carbonyl (C=O) groups excluding carboxylic acids is 2. The number of halogens is 1. The minimum atomic E-state index is -0.280. The van der Waals surface area contributed by atoms with Gasteiger partial charge in [-0.3, -0.25) is 14.6 Å². The van der Waals surface area contributed by atoms with Crippen molar-refractivity contribution in [2.75, 3.05) is 16.8 Å². The number of hydrogen-bond donors (Lipinski definition) is 2. The minimum absolute atomic E-state index is 0.0965. The molecule has 8 heteroatoms. The number of nitrogens with one attached hydrogen (secondary N) is 2. The third-order valence-electron chi connectivity index (χ3n) is 4.78. The topological polar surface area (TPSA) is 87.2 Å². The summed E-state index contributed by atoms with van der Waals surface area (Å²) >= 11 is 5.95. The maximum absolute atomic E-state index is 12.7. The molecule has 7 nitrogen and oxygen atoms in total. The predicted octanol–water partition coefficient (Wildman–Crippen LogP) is 3.33. The molecular weight excluding hydrogens is 402 g/mol. The number of amides is 2. The molecule has 4 rings (SSSR count). The number of aromatic nitrogens is 2. The van der Waals surface area contributed by atoms with Crippen molar-refractivity contribution in [1.29, 1.82) is 0 Å². The van der Waals surface area contributed by atoms with Crippen LogP contribution in [0.2, 0.25) is 5.02 Å². The lowest BCUT2D eigenvalue weighted by Crippen LogP contribution is -2.40. The van der Waals surface area contributed by atoms with Gasteiger partial charge in [0, 0.05) is 17.4 Å². The SMILES string of the molecule is Cc1ccnc(CNC(=O)c2cnc3c(c2)N(Cc2ccc(Cl)cc2)C(=O)CN3)c1. The van der Waals surface area contributed by atoms with E-state index in [0.29, 0.717) is 35.2 Å². The van der Waals surface area contributed by atoms with Crippen molar-refractivity contribution in [3.8, 4) is 0 Å². The smallest absolute Gasteiger partial charge is 0.253 e.